The van der Waals surface area contributed by atoms with E-state index in [0.717, 1.165) is 11.3 Å². The zero-order valence-corrected chi connectivity index (χ0v) is 13.2. The molecule has 0 aliphatic rings. The quantitative estimate of drug-likeness (QED) is 0.580. The van der Waals surface area contributed by atoms with Gasteiger partial charge in [-0.2, -0.15) is 5.10 Å². The zero-order chi connectivity index (χ0) is 16.8. The van der Waals surface area contributed by atoms with Crippen LogP contribution < -0.4 is 10.2 Å². The van der Waals surface area contributed by atoms with Gasteiger partial charge in [-0.05, 0) is 36.4 Å². The fraction of sp³-hybridized carbons (Fsp3) is 0.0526. The number of amides is 1. The van der Waals surface area contributed by atoms with Crippen molar-refractivity contribution < 1.29 is 9.53 Å². The van der Waals surface area contributed by atoms with Crippen molar-refractivity contribution in [3.8, 4) is 11.4 Å². The largest absolute Gasteiger partial charge is 0.497 e. The van der Waals surface area contributed by atoms with E-state index in [9.17, 15) is 4.79 Å². The first-order valence-electron chi connectivity index (χ1n) is 7.47. The number of aromatic nitrogens is 1. The van der Waals surface area contributed by atoms with Gasteiger partial charge >= 0.3 is 0 Å². The number of benzene rings is 2. The molecule has 0 aliphatic heterocycles. The summed E-state index contributed by atoms with van der Waals surface area (Å²) in [4.78, 5) is 12.0. The molecular formula is C19H17N3O2. The molecule has 0 saturated heterocycles. The summed E-state index contributed by atoms with van der Waals surface area (Å²) in [6.45, 7) is 0. The van der Waals surface area contributed by atoms with Gasteiger partial charge in [0.25, 0.3) is 5.91 Å². The Morgan fingerprint density at radius 1 is 1.12 bits per heavy atom. The van der Waals surface area contributed by atoms with Crippen molar-refractivity contribution in [2.45, 2.75) is 0 Å². The minimum absolute atomic E-state index is 0.285. The van der Waals surface area contributed by atoms with Gasteiger partial charge < -0.3 is 9.30 Å². The van der Waals surface area contributed by atoms with Gasteiger partial charge in [-0.25, -0.2) is 5.43 Å². The van der Waals surface area contributed by atoms with Crippen molar-refractivity contribution >= 4 is 12.1 Å². The molecule has 1 aromatic heterocycles. The minimum atomic E-state index is -0.285. The Morgan fingerprint density at radius 2 is 1.96 bits per heavy atom. The highest BCUT2D eigenvalue weighted by molar-refractivity contribution is 5.95. The van der Waals surface area contributed by atoms with Gasteiger partial charge in [0.15, 0.2) is 0 Å². The van der Waals surface area contributed by atoms with Gasteiger partial charge in [0.2, 0.25) is 0 Å². The van der Waals surface area contributed by atoms with Gasteiger partial charge in [-0.1, -0.05) is 24.3 Å². The number of hydrogen-bond donors (Lipinski definition) is 1. The van der Waals surface area contributed by atoms with Crippen molar-refractivity contribution in [2.75, 3.05) is 7.11 Å². The number of carbonyl (C=O) groups excluding carboxylic acids is 1. The van der Waals surface area contributed by atoms with E-state index in [1.165, 1.54) is 0 Å². The van der Waals surface area contributed by atoms with Crippen LogP contribution in [-0.2, 0) is 0 Å². The number of rotatable bonds is 5. The van der Waals surface area contributed by atoms with Crippen LogP contribution in [0, 0.1) is 0 Å². The predicted molar refractivity (Wildman–Crippen MR) is 93.8 cm³/mol. The smallest absolute Gasteiger partial charge is 0.271 e. The van der Waals surface area contributed by atoms with Crippen LogP contribution in [0.2, 0.25) is 0 Å². The summed E-state index contributed by atoms with van der Waals surface area (Å²) < 4.78 is 7.09. The fourth-order valence-electron chi connectivity index (χ4n) is 2.24. The topological polar surface area (TPSA) is 55.6 Å². The summed E-state index contributed by atoms with van der Waals surface area (Å²) in [5, 5.41) is 4.00. The molecule has 0 spiro atoms. The van der Waals surface area contributed by atoms with Crippen molar-refractivity contribution in [1.82, 2.24) is 9.99 Å². The van der Waals surface area contributed by atoms with Crippen LogP contribution in [-0.4, -0.2) is 23.8 Å². The maximum absolute atomic E-state index is 12.0. The van der Waals surface area contributed by atoms with Gasteiger partial charge in [-0.3, -0.25) is 4.79 Å². The number of hydrazone groups is 1. The standard InChI is InChI=1S/C19H17N3O2/c1-24-18-9-5-6-16(12-18)19(23)21-20-13-15-10-11-22(14-15)17-7-3-2-4-8-17/h2-14H,1H3,(H,21,23)/b20-13-. The Morgan fingerprint density at radius 3 is 2.75 bits per heavy atom. The van der Waals surface area contributed by atoms with Crippen LogP contribution >= 0.6 is 0 Å². The lowest BCUT2D eigenvalue weighted by Crippen LogP contribution is -2.17. The van der Waals surface area contributed by atoms with Crippen LogP contribution in [0.4, 0.5) is 0 Å². The summed E-state index contributed by atoms with van der Waals surface area (Å²) >= 11 is 0. The summed E-state index contributed by atoms with van der Waals surface area (Å²) in [6.07, 6.45) is 5.49. The van der Waals surface area contributed by atoms with E-state index in [2.05, 4.69) is 10.5 Å². The summed E-state index contributed by atoms with van der Waals surface area (Å²) in [7, 11) is 1.56. The molecule has 0 aliphatic carbocycles. The lowest BCUT2D eigenvalue weighted by Gasteiger charge is -2.02. The number of ether oxygens (including phenoxy) is 1. The van der Waals surface area contributed by atoms with E-state index < -0.39 is 0 Å². The molecule has 3 aromatic rings. The second kappa shape index (κ2) is 7.28. The maximum atomic E-state index is 12.0. The molecule has 5 nitrogen and oxygen atoms in total. The first-order chi connectivity index (χ1) is 11.8. The second-order valence-corrected chi connectivity index (χ2v) is 5.12. The number of nitrogens with one attached hydrogen (secondary N) is 1. The fourth-order valence-corrected chi connectivity index (χ4v) is 2.24. The third kappa shape index (κ3) is 3.70. The molecule has 0 atom stereocenters. The SMILES string of the molecule is COc1cccc(C(=O)N/N=C\c2ccn(-c3ccccc3)c2)c1. The molecule has 0 unspecified atom stereocenters. The lowest BCUT2D eigenvalue weighted by atomic mass is 10.2. The van der Waals surface area contributed by atoms with E-state index >= 15 is 0 Å². The molecule has 5 heteroatoms. The van der Waals surface area contributed by atoms with Gasteiger partial charge in [-0.15, -0.1) is 0 Å². The van der Waals surface area contributed by atoms with Crippen molar-refractivity contribution in [2.24, 2.45) is 5.10 Å². The molecule has 1 N–H and O–H groups in total. The van der Waals surface area contributed by atoms with Gasteiger partial charge in [0, 0.05) is 29.2 Å². The lowest BCUT2D eigenvalue weighted by molar-refractivity contribution is 0.0955. The van der Waals surface area contributed by atoms with Crippen molar-refractivity contribution in [1.29, 1.82) is 0 Å². The van der Waals surface area contributed by atoms with E-state index in [-0.39, 0.29) is 5.91 Å². The monoisotopic (exact) mass is 319 g/mol. The molecular weight excluding hydrogens is 302 g/mol. The third-order valence-corrected chi connectivity index (χ3v) is 3.48. The zero-order valence-electron chi connectivity index (χ0n) is 13.2. The molecule has 120 valence electrons. The average Bonchev–Trinajstić information content (AvgIpc) is 3.11. The first-order valence-corrected chi connectivity index (χ1v) is 7.47. The highest BCUT2D eigenvalue weighted by Gasteiger charge is 2.05. The Labute approximate surface area is 140 Å². The molecule has 1 heterocycles. The van der Waals surface area contributed by atoms with Crippen molar-refractivity contribution in [3.05, 3.63) is 84.2 Å². The van der Waals surface area contributed by atoms with Crippen LogP contribution in [0.5, 0.6) is 5.75 Å². The Kier molecular flexibility index (Phi) is 4.72. The number of carbonyl (C=O) groups is 1. The van der Waals surface area contributed by atoms with E-state index in [1.807, 2.05) is 53.4 Å². The molecule has 0 radical (unpaired) electrons. The Bertz CT molecular complexity index is 854. The minimum Gasteiger partial charge on any atom is -0.497 e. The second-order valence-electron chi connectivity index (χ2n) is 5.12. The molecule has 0 bridgehead atoms. The number of hydrogen-bond acceptors (Lipinski definition) is 3. The molecule has 0 saturated carbocycles. The Hall–Kier alpha value is -3.34. The van der Waals surface area contributed by atoms with Crippen LogP contribution in [0.25, 0.3) is 5.69 Å². The van der Waals surface area contributed by atoms with E-state index in [0.29, 0.717) is 11.3 Å². The normalized spacial score (nSPS) is 10.7. The number of methoxy groups -OCH3 is 1. The molecule has 24 heavy (non-hydrogen) atoms. The van der Waals surface area contributed by atoms with Crippen molar-refractivity contribution in [3.63, 3.8) is 0 Å². The van der Waals surface area contributed by atoms with Crippen LogP contribution in [0.15, 0.2) is 78.2 Å². The highest BCUT2D eigenvalue weighted by atomic mass is 16.5. The van der Waals surface area contributed by atoms with Crippen LogP contribution in [0.1, 0.15) is 15.9 Å². The first kappa shape index (κ1) is 15.6. The average molecular weight is 319 g/mol. The number of nitrogens with zero attached hydrogens (tertiary/aromatic N) is 2. The predicted octanol–water partition coefficient (Wildman–Crippen LogP) is 3.25. The van der Waals surface area contributed by atoms with E-state index in [1.54, 1.807) is 37.6 Å². The Balaban J connectivity index is 1.64. The van der Waals surface area contributed by atoms with Gasteiger partial charge in [0.05, 0.1) is 13.3 Å². The highest BCUT2D eigenvalue weighted by Crippen LogP contribution is 2.12. The maximum Gasteiger partial charge on any atom is 0.271 e. The van der Waals surface area contributed by atoms with E-state index in [4.69, 9.17) is 4.74 Å². The molecule has 2 aromatic carbocycles. The molecule has 1 amide bonds. The summed E-state index contributed by atoms with van der Waals surface area (Å²) in [6, 6.07) is 18.8. The summed E-state index contributed by atoms with van der Waals surface area (Å²) in [5.74, 6) is 0.346. The summed E-state index contributed by atoms with van der Waals surface area (Å²) in [5.41, 5.74) is 4.97. The van der Waals surface area contributed by atoms with Gasteiger partial charge in [0.1, 0.15) is 5.75 Å². The van der Waals surface area contributed by atoms with Crippen LogP contribution in [0.3, 0.4) is 0 Å². The third-order valence-electron chi connectivity index (χ3n) is 3.48. The molecule has 3 rings (SSSR count). The number of para-hydroxylation sites is 1. The molecule has 0 fully saturated rings.